The Kier molecular flexibility index (Phi) is 4.79. The predicted molar refractivity (Wildman–Crippen MR) is 75.8 cm³/mol. The zero-order chi connectivity index (χ0) is 13.0. The van der Waals surface area contributed by atoms with Crippen LogP contribution in [0.5, 0.6) is 0 Å². The van der Waals surface area contributed by atoms with Crippen molar-refractivity contribution in [3.05, 3.63) is 35.4 Å². The fourth-order valence-corrected chi connectivity index (χ4v) is 2.63. The van der Waals surface area contributed by atoms with Crippen molar-refractivity contribution in [1.29, 1.82) is 0 Å². The van der Waals surface area contributed by atoms with Gasteiger partial charge in [0.15, 0.2) is 0 Å². The van der Waals surface area contributed by atoms with Crippen molar-refractivity contribution in [2.24, 2.45) is 5.92 Å². The standard InChI is InChI=1S/C16H25NO/c1-12(2)10-13-4-6-14(7-5-13)16-11-15(17-3)8-9-18-16/h4-7,12,15-17H,8-11H2,1-3H3. The Labute approximate surface area is 111 Å². The van der Waals surface area contributed by atoms with Crippen molar-refractivity contribution >= 4 is 0 Å². The van der Waals surface area contributed by atoms with Crippen molar-refractivity contribution in [2.75, 3.05) is 13.7 Å². The highest BCUT2D eigenvalue weighted by atomic mass is 16.5. The molecule has 2 unspecified atom stereocenters. The molecule has 0 spiro atoms. The van der Waals surface area contributed by atoms with E-state index in [1.165, 1.54) is 11.1 Å². The molecule has 2 atom stereocenters. The summed E-state index contributed by atoms with van der Waals surface area (Å²) in [6.45, 7) is 5.38. The number of benzene rings is 1. The third-order valence-electron chi connectivity index (χ3n) is 3.69. The van der Waals surface area contributed by atoms with E-state index < -0.39 is 0 Å². The molecule has 1 aromatic carbocycles. The minimum Gasteiger partial charge on any atom is -0.373 e. The molecule has 1 N–H and O–H groups in total. The molecule has 1 aliphatic rings. The highest BCUT2D eigenvalue weighted by Crippen LogP contribution is 2.28. The second-order valence-corrected chi connectivity index (χ2v) is 5.71. The highest BCUT2D eigenvalue weighted by Gasteiger charge is 2.22. The Morgan fingerprint density at radius 3 is 2.61 bits per heavy atom. The van der Waals surface area contributed by atoms with E-state index in [0.29, 0.717) is 6.04 Å². The lowest BCUT2D eigenvalue weighted by atomic mass is 9.95. The number of rotatable bonds is 4. The summed E-state index contributed by atoms with van der Waals surface area (Å²) in [7, 11) is 2.04. The maximum Gasteiger partial charge on any atom is 0.0839 e. The van der Waals surface area contributed by atoms with Gasteiger partial charge >= 0.3 is 0 Å². The van der Waals surface area contributed by atoms with Gasteiger partial charge in [-0.1, -0.05) is 38.1 Å². The molecule has 18 heavy (non-hydrogen) atoms. The van der Waals surface area contributed by atoms with Crippen LogP contribution in [0.1, 0.15) is 43.9 Å². The van der Waals surface area contributed by atoms with Crippen LogP contribution >= 0.6 is 0 Å². The summed E-state index contributed by atoms with van der Waals surface area (Å²) in [5.74, 6) is 0.718. The monoisotopic (exact) mass is 247 g/mol. The first-order chi connectivity index (χ1) is 8.69. The maximum absolute atomic E-state index is 5.88. The molecule has 1 saturated heterocycles. The Morgan fingerprint density at radius 1 is 1.28 bits per heavy atom. The van der Waals surface area contributed by atoms with Gasteiger partial charge in [0.25, 0.3) is 0 Å². The first-order valence-electron chi connectivity index (χ1n) is 7.06. The molecule has 1 heterocycles. The van der Waals surface area contributed by atoms with Crippen molar-refractivity contribution in [2.45, 2.75) is 45.3 Å². The van der Waals surface area contributed by atoms with E-state index in [-0.39, 0.29) is 6.10 Å². The first-order valence-corrected chi connectivity index (χ1v) is 7.06. The summed E-state index contributed by atoms with van der Waals surface area (Å²) < 4.78 is 5.88. The van der Waals surface area contributed by atoms with Crippen LogP contribution in [0.4, 0.5) is 0 Å². The normalized spacial score (nSPS) is 24.4. The minimum atomic E-state index is 0.268. The molecule has 1 fully saturated rings. The van der Waals surface area contributed by atoms with Gasteiger partial charge in [-0.15, -0.1) is 0 Å². The molecular weight excluding hydrogens is 222 g/mol. The van der Waals surface area contributed by atoms with Gasteiger partial charge in [-0.2, -0.15) is 0 Å². The fraction of sp³-hybridized carbons (Fsp3) is 0.625. The fourth-order valence-electron chi connectivity index (χ4n) is 2.63. The molecule has 0 amide bonds. The van der Waals surface area contributed by atoms with E-state index >= 15 is 0 Å². The smallest absolute Gasteiger partial charge is 0.0839 e. The average Bonchev–Trinajstić information content (AvgIpc) is 2.39. The highest BCUT2D eigenvalue weighted by molar-refractivity contribution is 5.25. The average molecular weight is 247 g/mol. The molecule has 0 bridgehead atoms. The SMILES string of the molecule is CNC1CCOC(c2ccc(CC(C)C)cc2)C1. The number of hydrogen-bond acceptors (Lipinski definition) is 2. The third kappa shape index (κ3) is 3.56. The van der Waals surface area contributed by atoms with Crippen LogP contribution in [0.3, 0.4) is 0 Å². The van der Waals surface area contributed by atoms with Crippen LogP contribution in [0.2, 0.25) is 0 Å². The Bertz CT molecular complexity index is 358. The topological polar surface area (TPSA) is 21.3 Å². The molecule has 0 radical (unpaired) electrons. The van der Waals surface area contributed by atoms with Crippen LogP contribution in [0, 0.1) is 5.92 Å². The van der Waals surface area contributed by atoms with Gasteiger partial charge in [-0.25, -0.2) is 0 Å². The minimum absolute atomic E-state index is 0.268. The summed E-state index contributed by atoms with van der Waals surface area (Å²) in [6, 6.07) is 9.57. The van der Waals surface area contributed by atoms with E-state index in [4.69, 9.17) is 4.74 Å². The number of nitrogens with one attached hydrogen (secondary N) is 1. The van der Waals surface area contributed by atoms with Gasteiger partial charge < -0.3 is 10.1 Å². The summed E-state index contributed by atoms with van der Waals surface area (Å²) in [6.07, 6.45) is 3.63. The van der Waals surface area contributed by atoms with Gasteiger partial charge in [-0.05, 0) is 43.4 Å². The molecule has 2 heteroatoms. The molecule has 2 rings (SSSR count). The zero-order valence-electron chi connectivity index (χ0n) is 11.8. The van der Waals surface area contributed by atoms with Crippen molar-refractivity contribution < 1.29 is 4.74 Å². The van der Waals surface area contributed by atoms with E-state index in [9.17, 15) is 0 Å². The van der Waals surface area contributed by atoms with Crippen LogP contribution in [-0.2, 0) is 11.2 Å². The summed E-state index contributed by atoms with van der Waals surface area (Å²) in [4.78, 5) is 0. The Morgan fingerprint density at radius 2 is 2.00 bits per heavy atom. The summed E-state index contributed by atoms with van der Waals surface area (Å²) in [5, 5.41) is 3.36. The largest absolute Gasteiger partial charge is 0.373 e. The van der Waals surface area contributed by atoms with Gasteiger partial charge in [0.2, 0.25) is 0 Å². The third-order valence-corrected chi connectivity index (χ3v) is 3.69. The Hall–Kier alpha value is -0.860. The van der Waals surface area contributed by atoms with Crippen LogP contribution in [0.25, 0.3) is 0 Å². The first kappa shape index (κ1) is 13.6. The lowest BCUT2D eigenvalue weighted by molar-refractivity contribution is 0.00154. The van der Waals surface area contributed by atoms with Crippen molar-refractivity contribution in [1.82, 2.24) is 5.32 Å². The number of ether oxygens (including phenoxy) is 1. The molecule has 0 aliphatic carbocycles. The summed E-state index contributed by atoms with van der Waals surface area (Å²) in [5.41, 5.74) is 2.75. The zero-order valence-corrected chi connectivity index (χ0v) is 11.8. The van der Waals surface area contributed by atoms with Crippen molar-refractivity contribution in [3.63, 3.8) is 0 Å². The molecule has 0 saturated carbocycles. The Balaban J connectivity index is 2.00. The van der Waals surface area contributed by atoms with Gasteiger partial charge in [0, 0.05) is 12.6 Å². The van der Waals surface area contributed by atoms with Crippen LogP contribution < -0.4 is 5.32 Å². The summed E-state index contributed by atoms with van der Waals surface area (Å²) >= 11 is 0. The number of hydrogen-bond donors (Lipinski definition) is 1. The second-order valence-electron chi connectivity index (χ2n) is 5.71. The molecule has 1 aliphatic heterocycles. The lowest BCUT2D eigenvalue weighted by Gasteiger charge is -2.29. The van der Waals surface area contributed by atoms with E-state index in [2.05, 4.69) is 43.4 Å². The predicted octanol–water partition coefficient (Wildman–Crippen LogP) is 3.32. The van der Waals surface area contributed by atoms with Crippen molar-refractivity contribution in [3.8, 4) is 0 Å². The van der Waals surface area contributed by atoms with Crippen LogP contribution in [0.15, 0.2) is 24.3 Å². The van der Waals surface area contributed by atoms with Gasteiger partial charge in [0.1, 0.15) is 0 Å². The molecule has 0 aromatic heterocycles. The molecule has 2 nitrogen and oxygen atoms in total. The van der Waals surface area contributed by atoms with Gasteiger partial charge in [-0.3, -0.25) is 0 Å². The van der Waals surface area contributed by atoms with Crippen LogP contribution in [-0.4, -0.2) is 19.7 Å². The van der Waals surface area contributed by atoms with Gasteiger partial charge in [0.05, 0.1) is 6.10 Å². The van der Waals surface area contributed by atoms with E-state index in [0.717, 1.165) is 31.8 Å². The lowest BCUT2D eigenvalue weighted by Crippen LogP contribution is -2.33. The molecule has 1 aromatic rings. The maximum atomic E-state index is 5.88. The quantitative estimate of drug-likeness (QED) is 0.881. The van der Waals surface area contributed by atoms with E-state index in [1.807, 2.05) is 7.05 Å². The molecule has 100 valence electrons. The molecular formula is C16H25NO. The van der Waals surface area contributed by atoms with E-state index in [1.54, 1.807) is 0 Å². The second kappa shape index (κ2) is 6.35.